The first kappa shape index (κ1) is 104. The number of carbonyl (C=O) groups is 10. The third kappa shape index (κ3) is 23.8. The molecule has 3 atom stereocenters. The standard InChI is InChI=1S/C42H42FN3O5.C36H34FN3O3.C23H28FN3O5.C6H10O3.C2HF3O2/c1-29(2)40(48)50-24-25-51-41(49)35-28-46(33-18-19-33)37-27-38(36(43)26-34(37)39(35)47)44-20-22-45(23-21-44)42(30-12-6-3-7-13-30,31-14-8-4-9-15-31)32-16-10-5-11-17-32;37-31-22-29-32(40(28-16-17-28)24-30(34(29)41)35(42)43)23-33(31)38-18-20-39(21-19-38)36(25-10-4-1-5-11-25,26-12-6-2-7-13-26)27-14-8-3-9-15-27;1-14(2)22(29)31-9-10-32-23(30)17-13-27(15-3-4-15)19-12-20(26-7-5-25-6-8-26)18(24)11-16(19)21(17)28;1-5(2)6(8)9-4-3-7;3-2(4,5)1(6)7/h3-17,26-27,33,35H,1,18-25,28H2,2H3;1-15,22-23,28,30H,16-21,24H2,(H,42,43);11-12,15,17,25H,1,3-10,13H2,2H3;7H,1,3-4H2,2H3;(H,6,7). The van der Waals surface area contributed by atoms with E-state index >= 15 is 8.78 Å². The smallest absolute Gasteiger partial charge is 0.481 e. The van der Waals surface area contributed by atoms with Crippen molar-refractivity contribution in [1.82, 2.24) is 15.1 Å². The number of anilines is 6. The second-order valence-electron chi connectivity index (χ2n) is 36.1. The Labute approximate surface area is 819 Å². The molecule has 33 heteroatoms. The molecule has 6 aliphatic heterocycles. The fourth-order valence-electron chi connectivity index (χ4n) is 19.0. The van der Waals surface area contributed by atoms with Crippen molar-refractivity contribution in [1.29, 1.82) is 0 Å². The van der Waals surface area contributed by atoms with Gasteiger partial charge in [-0.25, -0.2) is 32.3 Å². The highest BCUT2D eigenvalue weighted by molar-refractivity contribution is 6.16. The summed E-state index contributed by atoms with van der Waals surface area (Å²) >= 11 is 0. The first-order valence-electron chi connectivity index (χ1n) is 47.4. The number of aliphatic carboxylic acids is 2. The molecule has 0 amide bonds. The zero-order chi connectivity index (χ0) is 101. The summed E-state index contributed by atoms with van der Waals surface area (Å²) < 4.78 is 104. The molecule has 9 aliphatic rings. The van der Waals surface area contributed by atoms with Gasteiger partial charge in [-0.15, -0.1) is 0 Å². The van der Waals surface area contributed by atoms with Crippen molar-refractivity contribution in [3.05, 3.63) is 322 Å². The molecule has 3 saturated heterocycles. The number of alkyl halides is 3. The van der Waals surface area contributed by atoms with Crippen LogP contribution in [-0.4, -0.2) is 246 Å². The number of nitrogens with one attached hydrogen (secondary N) is 1. The van der Waals surface area contributed by atoms with Gasteiger partial charge in [0.2, 0.25) is 0 Å². The summed E-state index contributed by atoms with van der Waals surface area (Å²) in [5.74, 6) is -13.0. The topological polar surface area (TPSA) is 315 Å². The van der Waals surface area contributed by atoms with Gasteiger partial charge >= 0.3 is 48.0 Å². The number of fused-ring (bicyclic) bond motifs is 3. The van der Waals surface area contributed by atoms with E-state index in [2.05, 4.69) is 200 Å². The molecule has 3 saturated carbocycles. The van der Waals surface area contributed by atoms with Crippen molar-refractivity contribution in [3.63, 3.8) is 0 Å². The number of aliphatic hydroxyl groups excluding tert-OH is 1. The van der Waals surface area contributed by atoms with Gasteiger partial charge in [0, 0.05) is 150 Å². The third-order valence-corrected chi connectivity index (χ3v) is 26.4. The number of carbonyl (C=O) groups excluding carboxylic acids is 8. The minimum absolute atomic E-state index is 0.0473. The fraction of sp³-hybridized carbons (Fsp3) is 0.358. The number of carboxylic acids is 2. The predicted octanol–water partition coefficient (Wildman–Crippen LogP) is 14.6. The molecule has 6 fully saturated rings. The maximum absolute atomic E-state index is 16.1. The summed E-state index contributed by atoms with van der Waals surface area (Å²) in [5, 5.41) is 28.2. The van der Waals surface area contributed by atoms with Gasteiger partial charge in [-0.1, -0.05) is 202 Å². The number of hydrogen-bond acceptors (Lipinski definition) is 25. The molecule has 0 spiro atoms. The van der Waals surface area contributed by atoms with Gasteiger partial charge in [-0.3, -0.25) is 38.6 Å². The zero-order valence-corrected chi connectivity index (χ0v) is 79.3. The quantitative estimate of drug-likeness (QED) is 0.00673. The largest absolute Gasteiger partial charge is 0.490 e. The SMILES string of the molecule is C=C(C)C(=O)OCCO.C=C(C)C(=O)OCCOC(=O)C1CN(C2CC2)c2cc(N3CCN(C(c4ccccc4)(c4ccccc4)c4ccccc4)CC3)c(F)cc2C1=O.C=C(C)C(=O)OCCOC(=O)C1CN(C2CC2)c2cc(N3CCNCC3)c(F)cc2C1=O.O=C(O)C(F)(F)F.O=C(O)C1CN(C2CC2)c2cc(N3CCN(C(c4ccccc4)(c4ccccc4)c4ccccc4)CC3)c(F)cc2C1=O. The second kappa shape index (κ2) is 46.4. The van der Waals surface area contributed by atoms with Crippen molar-refractivity contribution < 1.29 is 113 Å². The Bertz CT molecular complexity index is 5880. The van der Waals surface area contributed by atoms with E-state index in [0.29, 0.717) is 105 Å². The first-order chi connectivity index (χ1) is 68.3. The van der Waals surface area contributed by atoms with Crippen LogP contribution in [0.5, 0.6) is 0 Å². The summed E-state index contributed by atoms with van der Waals surface area (Å²) in [4.78, 5) is 137. The average Bonchev–Trinajstić information content (AvgIpc) is 1.34. The minimum Gasteiger partial charge on any atom is -0.481 e. The highest BCUT2D eigenvalue weighted by Gasteiger charge is 2.51. The summed E-state index contributed by atoms with van der Waals surface area (Å²) in [7, 11) is 0. The van der Waals surface area contributed by atoms with Crippen LogP contribution >= 0.6 is 0 Å². The Balaban J connectivity index is 0.000000160. The van der Waals surface area contributed by atoms with E-state index in [1.54, 1.807) is 25.1 Å². The number of aliphatic hydroxyl groups is 1. The van der Waals surface area contributed by atoms with Crippen LogP contribution < -0.4 is 34.7 Å². The molecule has 0 bridgehead atoms. The van der Waals surface area contributed by atoms with E-state index < -0.39 is 112 Å². The van der Waals surface area contributed by atoms with Crippen LogP contribution in [0.2, 0.25) is 0 Å². The van der Waals surface area contributed by atoms with Crippen molar-refractivity contribution in [3.8, 4) is 0 Å². The predicted molar refractivity (Wildman–Crippen MR) is 522 cm³/mol. The number of ether oxygens (including phenoxy) is 5. The van der Waals surface area contributed by atoms with Crippen LogP contribution in [-0.2, 0) is 68.3 Å². The van der Waals surface area contributed by atoms with Crippen LogP contribution in [0.3, 0.4) is 0 Å². The molecular formula is C109H115F6N9O18. The lowest BCUT2D eigenvalue weighted by Crippen LogP contribution is -2.56. The number of ketones is 3. The summed E-state index contributed by atoms with van der Waals surface area (Å²) in [6, 6.07) is 73.1. The van der Waals surface area contributed by atoms with Gasteiger partial charge in [0.15, 0.2) is 17.3 Å². The number of nitrogens with zero attached hydrogens (tertiary/aromatic N) is 8. The number of esters is 5. The van der Waals surface area contributed by atoms with Gasteiger partial charge in [0.05, 0.1) is 51.8 Å². The van der Waals surface area contributed by atoms with Crippen LogP contribution in [0.1, 0.15) is 124 Å². The van der Waals surface area contributed by atoms with E-state index in [1.165, 1.54) is 48.7 Å². The Hall–Kier alpha value is -14.3. The van der Waals surface area contributed by atoms with Crippen LogP contribution in [0.25, 0.3) is 0 Å². The number of halogens is 6. The first-order valence-corrected chi connectivity index (χ1v) is 47.4. The Kier molecular flexibility index (Phi) is 33.9. The van der Waals surface area contributed by atoms with Crippen molar-refractivity contribution >= 4 is 93.3 Å². The van der Waals surface area contributed by atoms with Gasteiger partial charge in [0.1, 0.15) is 68.2 Å². The summed E-state index contributed by atoms with van der Waals surface area (Å²) in [6.45, 7) is 22.7. The lowest BCUT2D eigenvalue weighted by atomic mass is 9.75. The molecule has 142 heavy (non-hydrogen) atoms. The molecule has 27 nitrogen and oxygen atoms in total. The second-order valence-corrected chi connectivity index (χ2v) is 36.1. The lowest BCUT2D eigenvalue weighted by molar-refractivity contribution is -0.192. The van der Waals surface area contributed by atoms with Crippen molar-refractivity contribution in [2.45, 2.75) is 94.7 Å². The van der Waals surface area contributed by atoms with Gasteiger partial charge in [-0.2, -0.15) is 13.2 Å². The molecule has 6 heterocycles. The van der Waals surface area contributed by atoms with Crippen LogP contribution in [0.15, 0.2) is 255 Å². The number of Topliss-reactive ketones (excluding diaryl/α,β-unsaturated/α-hetero) is 3. The molecule has 0 radical (unpaired) electrons. The average molecular weight is 1950 g/mol. The molecule has 4 N–H and O–H groups in total. The Morgan fingerprint density at radius 2 is 0.606 bits per heavy atom. The molecule has 9 aromatic rings. The molecule has 3 aliphatic carbocycles. The molecule has 18 rings (SSSR count). The van der Waals surface area contributed by atoms with E-state index in [1.807, 2.05) is 51.1 Å². The van der Waals surface area contributed by atoms with Gasteiger partial charge < -0.3 is 73.7 Å². The Morgan fingerprint density at radius 1 is 0.359 bits per heavy atom. The lowest BCUT2D eigenvalue weighted by Gasteiger charge is -2.49. The minimum atomic E-state index is -5.08. The molecule has 0 aromatic heterocycles. The monoisotopic (exact) mass is 1950 g/mol. The number of carboxylic acid groups (broad SMARTS) is 2. The van der Waals surface area contributed by atoms with E-state index in [-0.39, 0.29) is 105 Å². The molecular weight excluding hydrogens is 1840 g/mol. The van der Waals surface area contributed by atoms with E-state index in [0.717, 1.165) is 68.3 Å². The number of rotatable bonds is 28. The van der Waals surface area contributed by atoms with Gasteiger partial charge in [0.25, 0.3) is 0 Å². The summed E-state index contributed by atoms with van der Waals surface area (Å²) in [6.07, 6.45) is 0.605. The maximum atomic E-state index is 16.1. The molecule has 9 aromatic carbocycles. The highest BCUT2D eigenvalue weighted by Crippen LogP contribution is 2.50. The van der Waals surface area contributed by atoms with Crippen molar-refractivity contribution in [2.24, 2.45) is 17.8 Å². The van der Waals surface area contributed by atoms with E-state index in [4.69, 9.17) is 34.0 Å². The number of benzene rings is 9. The maximum Gasteiger partial charge on any atom is 0.490 e. The highest BCUT2D eigenvalue weighted by atomic mass is 19.4. The fourth-order valence-corrected chi connectivity index (χ4v) is 19.0. The summed E-state index contributed by atoms with van der Waals surface area (Å²) in [5.41, 5.74) is 10.8. The third-order valence-electron chi connectivity index (χ3n) is 26.4. The van der Waals surface area contributed by atoms with E-state index in [9.17, 15) is 65.8 Å². The van der Waals surface area contributed by atoms with Crippen LogP contribution in [0, 0.1) is 35.2 Å². The van der Waals surface area contributed by atoms with Crippen LogP contribution in [0.4, 0.5) is 60.5 Å². The van der Waals surface area contributed by atoms with Crippen molar-refractivity contribution in [2.75, 3.05) is 167 Å². The Morgan fingerprint density at radius 3 is 0.852 bits per heavy atom. The zero-order valence-electron chi connectivity index (χ0n) is 79.3. The van der Waals surface area contributed by atoms with Gasteiger partial charge in [-0.05, 0) is 129 Å². The normalized spacial score (nSPS) is 18.0. The molecule has 746 valence electrons. The molecule has 3 unspecified atom stereocenters. The number of hydrogen-bond donors (Lipinski definition) is 4. The number of piperazine rings is 3.